The van der Waals surface area contributed by atoms with Crippen molar-refractivity contribution in [3.8, 4) is 11.3 Å². The van der Waals surface area contributed by atoms with E-state index in [0.29, 0.717) is 28.9 Å². The van der Waals surface area contributed by atoms with Crippen LogP contribution in [0.5, 0.6) is 0 Å². The highest BCUT2D eigenvalue weighted by molar-refractivity contribution is 7.91. The second-order valence-electron chi connectivity index (χ2n) is 8.61. The zero-order valence-corrected chi connectivity index (χ0v) is 20.3. The van der Waals surface area contributed by atoms with Gasteiger partial charge in [-0.05, 0) is 44.6 Å². The van der Waals surface area contributed by atoms with E-state index < -0.39 is 27.5 Å². The van der Waals surface area contributed by atoms with Crippen LogP contribution in [-0.4, -0.2) is 62.4 Å². The van der Waals surface area contributed by atoms with Crippen LogP contribution in [0, 0.1) is 0 Å². The number of likely N-dealkylation sites (N-methyl/N-ethyl adjacent to an activating group) is 1. The van der Waals surface area contributed by atoms with Crippen molar-refractivity contribution in [1.29, 1.82) is 0 Å². The van der Waals surface area contributed by atoms with Crippen LogP contribution in [-0.2, 0) is 25.8 Å². The Morgan fingerprint density at radius 3 is 2.53 bits per heavy atom. The number of nitrogens with one attached hydrogen (secondary N) is 1. The van der Waals surface area contributed by atoms with E-state index in [1.165, 1.54) is 0 Å². The molecule has 9 nitrogen and oxygen atoms in total. The third kappa shape index (κ3) is 5.36. The molecule has 0 bridgehead atoms. The van der Waals surface area contributed by atoms with Gasteiger partial charge in [-0.1, -0.05) is 28.7 Å². The number of carbonyl (C=O) groups excluding carboxylic acids is 1. The Balaban J connectivity index is 1.89. The Bertz CT molecular complexity index is 1380. The van der Waals surface area contributed by atoms with Gasteiger partial charge in [0.15, 0.2) is 5.82 Å². The summed E-state index contributed by atoms with van der Waals surface area (Å²) in [6, 6.07) is 9.65. The lowest BCUT2D eigenvalue weighted by atomic mass is 10.0. The van der Waals surface area contributed by atoms with E-state index in [2.05, 4.69) is 25.3 Å². The Kier molecular flexibility index (Phi) is 7.05. The standard InChI is InChI=1S/C23H24F3N5O4S/c1-30-11-5-6-16(13-30)27-22-18-8-4-3-7-17(18)21(28-29-22)19-10-9-15(23(24,25)26)12-20(19)31(35-14-32)36(2,33)34/h3-4,7-10,12,14,16H,5-6,11,13H2,1-2H3,(H,27,29)/t16-/m1/s1. The number of piperidine rings is 1. The highest BCUT2D eigenvalue weighted by atomic mass is 32.2. The molecule has 4 rings (SSSR count). The molecule has 1 atom stereocenters. The number of halogens is 3. The van der Waals surface area contributed by atoms with Crippen LogP contribution in [0.25, 0.3) is 22.0 Å². The second kappa shape index (κ2) is 9.90. The molecule has 1 N–H and O–H groups in total. The first-order chi connectivity index (χ1) is 17.0. The van der Waals surface area contributed by atoms with Gasteiger partial charge in [0.2, 0.25) is 0 Å². The zero-order chi connectivity index (χ0) is 26.1. The quantitative estimate of drug-likeness (QED) is 0.370. The third-order valence-corrected chi connectivity index (χ3v) is 6.75. The molecule has 3 aromatic rings. The predicted octanol–water partition coefficient (Wildman–Crippen LogP) is 3.68. The molecule has 0 spiro atoms. The molecule has 1 aliphatic heterocycles. The van der Waals surface area contributed by atoms with E-state index in [1.807, 2.05) is 7.05 Å². The molecular formula is C23H24F3N5O4S. The molecule has 36 heavy (non-hydrogen) atoms. The third-order valence-electron chi connectivity index (χ3n) is 5.87. The van der Waals surface area contributed by atoms with E-state index in [0.717, 1.165) is 38.1 Å². The summed E-state index contributed by atoms with van der Waals surface area (Å²) in [5.41, 5.74) is -1.53. The number of carbonyl (C=O) groups is 1. The lowest BCUT2D eigenvalue weighted by Crippen LogP contribution is -2.40. The van der Waals surface area contributed by atoms with Gasteiger partial charge in [-0.15, -0.1) is 10.2 Å². The maximum atomic E-state index is 13.5. The number of likely N-dealkylation sites (tertiary alicyclic amines) is 1. The van der Waals surface area contributed by atoms with Crippen molar-refractivity contribution in [2.24, 2.45) is 0 Å². The minimum atomic E-state index is -4.77. The van der Waals surface area contributed by atoms with Gasteiger partial charge in [-0.2, -0.15) is 13.2 Å². The van der Waals surface area contributed by atoms with Crippen molar-refractivity contribution >= 4 is 38.8 Å². The number of rotatable bonds is 7. The fourth-order valence-electron chi connectivity index (χ4n) is 4.30. The number of sulfonamides is 1. The van der Waals surface area contributed by atoms with E-state index in [9.17, 15) is 26.4 Å². The molecule has 13 heteroatoms. The monoisotopic (exact) mass is 523 g/mol. The van der Waals surface area contributed by atoms with Crippen molar-refractivity contribution in [3.05, 3.63) is 48.0 Å². The Hall–Kier alpha value is -3.45. The van der Waals surface area contributed by atoms with Gasteiger partial charge >= 0.3 is 12.6 Å². The fraction of sp³-hybridized carbons (Fsp3) is 0.348. The summed E-state index contributed by atoms with van der Waals surface area (Å²) >= 11 is 0. The summed E-state index contributed by atoms with van der Waals surface area (Å²) in [5.74, 6) is 0.507. The summed E-state index contributed by atoms with van der Waals surface area (Å²) < 4.78 is 65.3. The summed E-state index contributed by atoms with van der Waals surface area (Å²) in [6.07, 6.45) is -2.10. The molecule has 0 aliphatic carbocycles. The second-order valence-corrected chi connectivity index (χ2v) is 10.4. The van der Waals surface area contributed by atoms with Gasteiger partial charge in [0.1, 0.15) is 11.4 Å². The fourth-order valence-corrected chi connectivity index (χ4v) is 5.00. The molecule has 1 aromatic heterocycles. The molecule has 0 amide bonds. The Labute approximate surface area is 205 Å². The summed E-state index contributed by atoms with van der Waals surface area (Å²) in [4.78, 5) is 17.8. The topological polar surface area (TPSA) is 105 Å². The Morgan fingerprint density at radius 1 is 1.17 bits per heavy atom. The average molecular weight is 524 g/mol. The highest BCUT2D eigenvalue weighted by Crippen LogP contribution is 2.40. The molecule has 192 valence electrons. The molecule has 0 radical (unpaired) electrons. The van der Waals surface area contributed by atoms with Crippen LogP contribution >= 0.6 is 0 Å². The maximum absolute atomic E-state index is 13.5. The van der Waals surface area contributed by atoms with Crippen molar-refractivity contribution < 1.29 is 31.2 Å². The number of benzene rings is 2. The first-order valence-corrected chi connectivity index (χ1v) is 12.9. The summed E-state index contributed by atoms with van der Waals surface area (Å²) in [6.45, 7) is 1.64. The highest BCUT2D eigenvalue weighted by Gasteiger charge is 2.34. The molecular weight excluding hydrogens is 499 g/mol. The zero-order valence-electron chi connectivity index (χ0n) is 19.5. The molecule has 2 heterocycles. The van der Waals surface area contributed by atoms with Gasteiger partial charge in [-0.3, -0.25) is 4.79 Å². The normalized spacial score (nSPS) is 17.1. The van der Waals surface area contributed by atoms with Crippen LogP contribution in [0.15, 0.2) is 42.5 Å². The number of aromatic nitrogens is 2. The number of fused-ring (bicyclic) bond motifs is 1. The van der Waals surface area contributed by atoms with Crippen LogP contribution < -0.4 is 9.79 Å². The minimum Gasteiger partial charge on any atom is -0.364 e. The van der Waals surface area contributed by atoms with E-state index in [-0.39, 0.29) is 28.2 Å². The van der Waals surface area contributed by atoms with Crippen LogP contribution in [0.1, 0.15) is 18.4 Å². The number of anilines is 2. The maximum Gasteiger partial charge on any atom is 0.416 e. The van der Waals surface area contributed by atoms with Crippen LogP contribution in [0.2, 0.25) is 0 Å². The first kappa shape index (κ1) is 25.6. The largest absolute Gasteiger partial charge is 0.416 e. The lowest BCUT2D eigenvalue weighted by molar-refractivity contribution is -0.137. The SMILES string of the molecule is CN1CCC[C@@H](Nc2nnc(-c3ccc(C(F)(F)F)cc3N(OC=O)S(C)(=O)=O)c3ccccc23)C1. The average Bonchev–Trinajstić information content (AvgIpc) is 2.81. The molecule has 0 unspecified atom stereocenters. The van der Waals surface area contributed by atoms with Crippen molar-refractivity contribution in [2.75, 3.05) is 36.2 Å². The Morgan fingerprint density at radius 2 is 1.89 bits per heavy atom. The summed E-state index contributed by atoms with van der Waals surface area (Å²) in [7, 11) is -2.28. The van der Waals surface area contributed by atoms with Crippen molar-refractivity contribution in [2.45, 2.75) is 25.1 Å². The molecule has 1 aliphatic rings. The lowest BCUT2D eigenvalue weighted by Gasteiger charge is -2.30. The van der Waals surface area contributed by atoms with Gasteiger partial charge in [0.05, 0.1) is 11.8 Å². The van der Waals surface area contributed by atoms with Crippen molar-refractivity contribution in [1.82, 2.24) is 15.1 Å². The predicted molar refractivity (Wildman–Crippen MR) is 129 cm³/mol. The van der Waals surface area contributed by atoms with E-state index in [1.54, 1.807) is 24.3 Å². The van der Waals surface area contributed by atoms with Crippen LogP contribution in [0.3, 0.4) is 0 Å². The molecule has 2 aromatic carbocycles. The van der Waals surface area contributed by atoms with Gasteiger partial charge in [0, 0.05) is 28.9 Å². The minimum absolute atomic E-state index is 0.0112. The van der Waals surface area contributed by atoms with Crippen LogP contribution in [0.4, 0.5) is 24.7 Å². The van der Waals surface area contributed by atoms with Gasteiger partial charge in [-0.25, -0.2) is 8.42 Å². The number of nitrogens with zero attached hydrogens (tertiary/aromatic N) is 4. The van der Waals surface area contributed by atoms with E-state index in [4.69, 9.17) is 0 Å². The van der Waals surface area contributed by atoms with Crippen molar-refractivity contribution in [3.63, 3.8) is 0 Å². The van der Waals surface area contributed by atoms with E-state index >= 15 is 0 Å². The smallest absolute Gasteiger partial charge is 0.364 e. The molecule has 1 fully saturated rings. The number of alkyl halides is 3. The number of hydrogen-bond acceptors (Lipinski definition) is 8. The van der Waals surface area contributed by atoms with Gasteiger partial charge < -0.3 is 15.1 Å². The molecule has 1 saturated heterocycles. The number of hydrogen-bond donors (Lipinski definition) is 1. The van der Waals surface area contributed by atoms with Gasteiger partial charge in [0.25, 0.3) is 10.0 Å². The molecule has 0 saturated carbocycles. The summed E-state index contributed by atoms with van der Waals surface area (Å²) in [5, 5.41) is 13.2. The first-order valence-electron chi connectivity index (χ1n) is 11.0.